The van der Waals surface area contributed by atoms with E-state index in [9.17, 15) is 0 Å². The summed E-state index contributed by atoms with van der Waals surface area (Å²) in [6.45, 7) is 4.17. The van der Waals surface area contributed by atoms with Crippen LogP contribution in [0.3, 0.4) is 0 Å². The molecule has 1 aliphatic carbocycles. The number of allylic oxidation sites excluding steroid dienone is 4. The van der Waals surface area contributed by atoms with Gasteiger partial charge < -0.3 is 0 Å². The Morgan fingerprint density at radius 2 is 1.83 bits per heavy atom. The van der Waals surface area contributed by atoms with Gasteiger partial charge in [-0.15, -0.1) is 0 Å². The number of benzene rings is 1. The van der Waals surface area contributed by atoms with Crippen LogP contribution in [0.25, 0.3) is 0 Å². The standard InChI is InChI=1S/C16H18N2/c1-13(2)17-15-11-7-4-8-12-16(15)18-14-9-5-3-6-10-14/h3-11,13H,12H2,1-2H3. The number of para-hydroxylation sites is 1. The molecule has 0 unspecified atom stereocenters. The van der Waals surface area contributed by atoms with E-state index in [1.54, 1.807) is 0 Å². The first-order valence-electron chi connectivity index (χ1n) is 6.29. The summed E-state index contributed by atoms with van der Waals surface area (Å²) in [5.74, 6) is 0. The molecule has 0 saturated carbocycles. The summed E-state index contributed by atoms with van der Waals surface area (Å²) in [7, 11) is 0. The molecule has 0 aliphatic heterocycles. The third-order valence-electron chi connectivity index (χ3n) is 2.53. The van der Waals surface area contributed by atoms with Crippen molar-refractivity contribution in [3.05, 3.63) is 54.6 Å². The molecular formula is C16H18N2. The average molecular weight is 238 g/mol. The summed E-state index contributed by atoms with van der Waals surface area (Å²) in [5, 5.41) is 0. The van der Waals surface area contributed by atoms with E-state index in [2.05, 4.69) is 24.9 Å². The van der Waals surface area contributed by atoms with Gasteiger partial charge in [0.05, 0.1) is 17.1 Å². The van der Waals surface area contributed by atoms with Gasteiger partial charge in [0.25, 0.3) is 0 Å². The predicted molar refractivity (Wildman–Crippen MR) is 79.0 cm³/mol. The van der Waals surface area contributed by atoms with Crippen LogP contribution in [0.15, 0.2) is 64.6 Å². The molecule has 0 bridgehead atoms. The topological polar surface area (TPSA) is 24.7 Å². The fourth-order valence-electron chi connectivity index (χ4n) is 1.76. The van der Waals surface area contributed by atoms with Crippen molar-refractivity contribution in [1.29, 1.82) is 0 Å². The van der Waals surface area contributed by atoms with E-state index >= 15 is 0 Å². The van der Waals surface area contributed by atoms with Gasteiger partial charge in [-0.05, 0) is 32.1 Å². The van der Waals surface area contributed by atoms with Gasteiger partial charge in [-0.3, -0.25) is 9.98 Å². The van der Waals surface area contributed by atoms with Crippen LogP contribution in [0.2, 0.25) is 0 Å². The minimum absolute atomic E-state index is 0.281. The molecule has 0 heterocycles. The van der Waals surface area contributed by atoms with E-state index in [0.29, 0.717) is 0 Å². The predicted octanol–water partition coefficient (Wildman–Crippen LogP) is 4.12. The van der Waals surface area contributed by atoms with E-state index in [0.717, 1.165) is 23.5 Å². The lowest BCUT2D eigenvalue weighted by Gasteiger charge is -2.06. The highest BCUT2D eigenvalue weighted by molar-refractivity contribution is 6.47. The summed E-state index contributed by atoms with van der Waals surface area (Å²) < 4.78 is 0. The molecule has 0 aromatic heterocycles. The zero-order valence-electron chi connectivity index (χ0n) is 10.9. The summed E-state index contributed by atoms with van der Waals surface area (Å²) in [5.41, 5.74) is 2.99. The van der Waals surface area contributed by atoms with Gasteiger partial charge in [-0.2, -0.15) is 0 Å². The van der Waals surface area contributed by atoms with E-state index in [-0.39, 0.29) is 6.04 Å². The molecule has 1 aliphatic rings. The second kappa shape index (κ2) is 6.10. The molecule has 0 saturated heterocycles. The van der Waals surface area contributed by atoms with Crippen molar-refractivity contribution in [3.63, 3.8) is 0 Å². The third-order valence-corrected chi connectivity index (χ3v) is 2.53. The Labute approximate surface area is 108 Å². The highest BCUT2D eigenvalue weighted by Gasteiger charge is 2.07. The van der Waals surface area contributed by atoms with Crippen LogP contribution >= 0.6 is 0 Å². The average Bonchev–Trinajstić information content (AvgIpc) is 2.56. The molecule has 1 aromatic carbocycles. The first-order chi connectivity index (χ1) is 8.75. The van der Waals surface area contributed by atoms with Gasteiger partial charge >= 0.3 is 0 Å². The van der Waals surface area contributed by atoms with Crippen molar-refractivity contribution < 1.29 is 0 Å². The molecule has 0 spiro atoms. The van der Waals surface area contributed by atoms with Crippen LogP contribution < -0.4 is 0 Å². The molecule has 0 fully saturated rings. The van der Waals surface area contributed by atoms with Crippen molar-refractivity contribution in [1.82, 2.24) is 0 Å². The number of hydrogen-bond donors (Lipinski definition) is 0. The first kappa shape index (κ1) is 12.5. The van der Waals surface area contributed by atoms with E-state index < -0.39 is 0 Å². The van der Waals surface area contributed by atoms with Gasteiger partial charge in [0.1, 0.15) is 0 Å². The monoisotopic (exact) mass is 238 g/mol. The molecule has 18 heavy (non-hydrogen) atoms. The van der Waals surface area contributed by atoms with Gasteiger partial charge in [-0.1, -0.05) is 36.4 Å². The maximum absolute atomic E-state index is 4.70. The second-order valence-electron chi connectivity index (χ2n) is 4.49. The number of nitrogens with zero attached hydrogens (tertiary/aromatic N) is 2. The molecule has 0 radical (unpaired) electrons. The van der Waals surface area contributed by atoms with Crippen LogP contribution in [0.1, 0.15) is 20.3 Å². The summed E-state index contributed by atoms with van der Waals surface area (Å²) in [6.07, 6.45) is 9.04. The summed E-state index contributed by atoms with van der Waals surface area (Å²) in [4.78, 5) is 9.33. The molecule has 2 rings (SSSR count). The van der Waals surface area contributed by atoms with Crippen molar-refractivity contribution in [3.8, 4) is 0 Å². The number of aliphatic imine (C=N–C) groups is 2. The molecular weight excluding hydrogens is 220 g/mol. The molecule has 0 amide bonds. The van der Waals surface area contributed by atoms with Crippen LogP contribution in [0.5, 0.6) is 0 Å². The number of rotatable bonds is 2. The smallest absolute Gasteiger partial charge is 0.0795 e. The van der Waals surface area contributed by atoms with Crippen molar-refractivity contribution in [2.45, 2.75) is 26.3 Å². The van der Waals surface area contributed by atoms with E-state index in [1.165, 1.54) is 0 Å². The van der Waals surface area contributed by atoms with Crippen molar-refractivity contribution >= 4 is 17.1 Å². The molecule has 2 nitrogen and oxygen atoms in total. The zero-order valence-corrected chi connectivity index (χ0v) is 10.9. The fraction of sp³-hybridized carbons (Fsp3) is 0.250. The Kier molecular flexibility index (Phi) is 4.24. The fourth-order valence-corrected chi connectivity index (χ4v) is 1.76. The Hall–Kier alpha value is -1.96. The second-order valence-corrected chi connectivity index (χ2v) is 4.49. The first-order valence-corrected chi connectivity index (χ1v) is 6.29. The summed E-state index contributed by atoms with van der Waals surface area (Å²) in [6, 6.07) is 10.3. The lowest BCUT2D eigenvalue weighted by Crippen LogP contribution is -2.12. The molecule has 0 N–H and O–H groups in total. The molecule has 2 heteroatoms. The van der Waals surface area contributed by atoms with Crippen molar-refractivity contribution in [2.24, 2.45) is 9.98 Å². The highest BCUT2D eigenvalue weighted by Crippen LogP contribution is 2.13. The maximum Gasteiger partial charge on any atom is 0.0795 e. The quantitative estimate of drug-likeness (QED) is 0.740. The summed E-state index contributed by atoms with van der Waals surface area (Å²) >= 11 is 0. The Morgan fingerprint density at radius 1 is 1.06 bits per heavy atom. The third kappa shape index (κ3) is 3.52. The van der Waals surface area contributed by atoms with Crippen LogP contribution in [-0.2, 0) is 0 Å². The Morgan fingerprint density at radius 3 is 2.56 bits per heavy atom. The largest absolute Gasteiger partial charge is 0.281 e. The minimum Gasteiger partial charge on any atom is -0.281 e. The minimum atomic E-state index is 0.281. The van der Waals surface area contributed by atoms with E-state index in [1.807, 2.05) is 48.6 Å². The zero-order chi connectivity index (χ0) is 12.8. The van der Waals surface area contributed by atoms with Crippen LogP contribution in [0.4, 0.5) is 5.69 Å². The molecule has 1 aromatic rings. The Balaban J connectivity index is 2.36. The van der Waals surface area contributed by atoms with Gasteiger partial charge in [0, 0.05) is 12.5 Å². The Bertz CT molecular complexity index is 505. The lowest BCUT2D eigenvalue weighted by molar-refractivity contribution is 0.839. The maximum atomic E-state index is 4.70. The van der Waals surface area contributed by atoms with Gasteiger partial charge in [0.2, 0.25) is 0 Å². The molecule has 0 atom stereocenters. The number of hydrogen-bond acceptors (Lipinski definition) is 2. The highest BCUT2D eigenvalue weighted by atomic mass is 14.8. The lowest BCUT2D eigenvalue weighted by atomic mass is 10.1. The van der Waals surface area contributed by atoms with Crippen LogP contribution in [-0.4, -0.2) is 17.5 Å². The SMILES string of the molecule is CC(C)N=C1C=CC=CCC1=Nc1ccccc1. The van der Waals surface area contributed by atoms with Crippen molar-refractivity contribution in [2.75, 3.05) is 0 Å². The van der Waals surface area contributed by atoms with Gasteiger partial charge in [-0.25, -0.2) is 0 Å². The van der Waals surface area contributed by atoms with E-state index in [4.69, 9.17) is 4.99 Å². The van der Waals surface area contributed by atoms with Crippen LogP contribution in [0, 0.1) is 0 Å². The normalized spacial score (nSPS) is 19.7. The van der Waals surface area contributed by atoms with Gasteiger partial charge in [0.15, 0.2) is 0 Å². The molecule has 92 valence electrons.